The zero-order valence-corrected chi connectivity index (χ0v) is 10.6. The summed E-state index contributed by atoms with van der Waals surface area (Å²) in [6, 6.07) is 5.71. The van der Waals surface area contributed by atoms with Crippen LogP contribution in [0.4, 0.5) is 0 Å². The lowest BCUT2D eigenvalue weighted by molar-refractivity contribution is 0.0918. The van der Waals surface area contributed by atoms with Gasteiger partial charge in [0.1, 0.15) is 18.1 Å². The van der Waals surface area contributed by atoms with Gasteiger partial charge in [0, 0.05) is 5.56 Å². The van der Waals surface area contributed by atoms with Crippen molar-refractivity contribution in [1.82, 2.24) is 5.32 Å². The van der Waals surface area contributed by atoms with Crippen LogP contribution in [0.15, 0.2) is 39.6 Å². The molecule has 0 aromatic carbocycles. The predicted octanol–water partition coefficient (Wildman–Crippen LogP) is 3.09. The largest absolute Gasteiger partial charge is 0.468 e. The Hall–Kier alpha value is -1.52. The molecule has 0 bridgehead atoms. The lowest BCUT2D eigenvalue weighted by Gasteiger charge is -2.04. The van der Waals surface area contributed by atoms with Crippen LogP contribution in [0, 0.1) is 0 Å². The van der Waals surface area contributed by atoms with Crippen molar-refractivity contribution in [2.24, 2.45) is 0 Å². The molecule has 0 amide bonds. The van der Waals surface area contributed by atoms with Gasteiger partial charge in [-0.25, -0.2) is 0 Å². The monoisotopic (exact) mass is 249 g/mol. The van der Waals surface area contributed by atoms with E-state index >= 15 is 0 Å². The van der Waals surface area contributed by atoms with Gasteiger partial charge in [-0.05, 0) is 31.2 Å². The van der Waals surface area contributed by atoms with E-state index in [2.05, 4.69) is 12.2 Å². The van der Waals surface area contributed by atoms with Crippen molar-refractivity contribution in [3.05, 3.63) is 47.8 Å². The van der Waals surface area contributed by atoms with E-state index in [1.165, 1.54) is 0 Å². The molecule has 2 aromatic heterocycles. The predicted molar refractivity (Wildman–Crippen MR) is 67.9 cm³/mol. The highest BCUT2D eigenvalue weighted by atomic mass is 16.5. The topological polar surface area (TPSA) is 47.5 Å². The Balaban J connectivity index is 1.76. The van der Waals surface area contributed by atoms with E-state index in [1.54, 1.807) is 12.5 Å². The summed E-state index contributed by atoms with van der Waals surface area (Å²) in [5.41, 5.74) is 1.09. The molecule has 0 fully saturated rings. The van der Waals surface area contributed by atoms with Crippen molar-refractivity contribution >= 4 is 0 Å². The van der Waals surface area contributed by atoms with Gasteiger partial charge < -0.3 is 18.9 Å². The molecular weight excluding hydrogens is 230 g/mol. The molecule has 4 nitrogen and oxygen atoms in total. The Kier molecular flexibility index (Phi) is 5.05. The molecule has 0 radical (unpaired) electrons. The van der Waals surface area contributed by atoms with E-state index in [4.69, 9.17) is 13.6 Å². The smallest absolute Gasteiger partial charge is 0.129 e. The van der Waals surface area contributed by atoms with E-state index in [-0.39, 0.29) is 0 Å². The third kappa shape index (κ3) is 3.75. The summed E-state index contributed by atoms with van der Waals surface area (Å²) in [5.74, 6) is 1.78. The highest BCUT2D eigenvalue weighted by Crippen LogP contribution is 2.13. The zero-order valence-electron chi connectivity index (χ0n) is 10.6. The van der Waals surface area contributed by atoms with Gasteiger partial charge in [-0.2, -0.15) is 0 Å². The van der Waals surface area contributed by atoms with Crippen molar-refractivity contribution < 1.29 is 13.6 Å². The van der Waals surface area contributed by atoms with E-state index in [9.17, 15) is 0 Å². The van der Waals surface area contributed by atoms with E-state index < -0.39 is 0 Å². The molecule has 18 heavy (non-hydrogen) atoms. The molecule has 2 rings (SSSR count). The molecule has 0 saturated carbocycles. The van der Waals surface area contributed by atoms with Crippen LogP contribution in [0.5, 0.6) is 0 Å². The second-order valence-electron chi connectivity index (χ2n) is 4.12. The maximum Gasteiger partial charge on any atom is 0.129 e. The fourth-order valence-electron chi connectivity index (χ4n) is 1.69. The van der Waals surface area contributed by atoms with Crippen LogP contribution in [0.2, 0.25) is 0 Å². The summed E-state index contributed by atoms with van der Waals surface area (Å²) in [6.45, 7) is 4.91. The molecule has 0 spiro atoms. The SMILES string of the molecule is CCCNCc1occc1COCc1ccco1. The molecular formula is C14H19NO3. The molecule has 0 aliphatic heterocycles. The molecule has 0 saturated heterocycles. The molecule has 2 heterocycles. The number of hydrogen-bond acceptors (Lipinski definition) is 4. The Labute approximate surface area is 107 Å². The summed E-state index contributed by atoms with van der Waals surface area (Å²) in [7, 11) is 0. The Bertz CT molecular complexity index is 434. The molecule has 2 aromatic rings. The number of furan rings is 2. The first-order chi connectivity index (χ1) is 8.90. The minimum Gasteiger partial charge on any atom is -0.468 e. The maximum absolute atomic E-state index is 5.59. The maximum atomic E-state index is 5.59. The second-order valence-corrected chi connectivity index (χ2v) is 4.12. The van der Waals surface area contributed by atoms with Gasteiger partial charge in [0.15, 0.2) is 0 Å². The average molecular weight is 249 g/mol. The molecule has 0 unspecified atom stereocenters. The lowest BCUT2D eigenvalue weighted by atomic mass is 10.2. The molecule has 98 valence electrons. The summed E-state index contributed by atoms with van der Waals surface area (Å²) >= 11 is 0. The zero-order chi connectivity index (χ0) is 12.6. The van der Waals surface area contributed by atoms with Crippen LogP contribution in [0.3, 0.4) is 0 Å². The Morgan fingerprint density at radius 2 is 2.11 bits per heavy atom. The first-order valence-electron chi connectivity index (χ1n) is 6.26. The number of hydrogen-bond donors (Lipinski definition) is 1. The number of ether oxygens (including phenoxy) is 1. The summed E-state index contributed by atoms with van der Waals surface area (Å²) in [6.07, 6.45) is 4.47. The van der Waals surface area contributed by atoms with Crippen molar-refractivity contribution in [1.29, 1.82) is 0 Å². The molecule has 1 N–H and O–H groups in total. The molecule has 4 heteroatoms. The summed E-state index contributed by atoms with van der Waals surface area (Å²) in [4.78, 5) is 0. The van der Waals surface area contributed by atoms with Gasteiger partial charge >= 0.3 is 0 Å². The Morgan fingerprint density at radius 1 is 1.17 bits per heavy atom. The molecule has 0 atom stereocenters. The van der Waals surface area contributed by atoms with Crippen LogP contribution in [-0.4, -0.2) is 6.54 Å². The molecule has 0 aliphatic carbocycles. The first-order valence-corrected chi connectivity index (χ1v) is 6.26. The standard InChI is InChI=1S/C14H19NO3/c1-2-6-15-9-14-12(5-8-18-14)10-16-11-13-4-3-7-17-13/h3-5,7-8,15H,2,6,9-11H2,1H3. The number of rotatable bonds is 8. The lowest BCUT2D eigenvalue weighted by Crippen LogP contribution is -2.14. The van der Waals surface area contributed by atoms with Gasteiger partial charge in [-0.1, -0.05) is 6.92 Å². The quantitative estimate of drug-likeness (QED) is 0.730. The normalized spacial score (nSPS) is 10.9. The summed E-state index contributed by atoms with van der Waals surface area (Å²) in [5, 5.41) is 3.31. The van der Waals surface area contributed by atoms with Gasteiger partial charge in [0.05, 0.1) is 25.7 Å². The van der Waals surface area contributed by atoms with Crippen molar-refractivity contribution in [2.45, 2.75) is 33.1 Å². The van der Waals surface area contributed by atoms with Gasteiger partial charge in [-0.3, -0.25) is 0 Å². The number of nitrogens with one attached hydrogen (secondary N) is 1. The highest BCUT2D eigenvalue weighted by molar-refractivity contribution is 5.15. The van der Waals surface area contributed by atoms with Crippen LogP contribution in [0.25, 0.3) is 0 Å². The van der Waals surface area contributed by atoms with Crippen LogP contribution in [-0.2, 0) is 24.5 Å². The molecule has 0 aliphatic rings. The third-order valence-electron chi connectivity index (χ3n) is 2.63. The average Bonchev–Trinajstić information content (AvgIpc) is 3.02. The Morgan fingerprint density at radius 3 is 2.89 bits per heavy atom. The highest BCUT2D eigenvalue weighted by Gasteiger charge is 2.06. The van der Waals surface area contributed by atoms with Gasteiger partial charge in [0.25, 0.3) is 0 Å². The second kappa shape index (κ2) is 7.03. The first kappa shape index (κ1) is 12.9. The van der Waals surface area contributed by atoms with E-state index in [0.717, 1.165) is 36.6 Å². The van der Waals surface area contributed by atoms with Crippen molar-refractivity contribution in [2.75, 3.05) is 6.54 Å². The summed E-state index contributed by atoms with van der Waals surface area (Å²) < 4.78 is 16.2. The minimum absolute atomic E-state index is 0.486. The fraction of sp³-hybridized carbons (Fsp3) is 0.429. The van der Waals surface area contributed by atoms with Crippen LogP contribution >= 0.6 is 0 Å². The minimum atomic E-state index is 0.486. The van der Waals surface area contributed by atoms with Crippen molar-refractivity contribution in [3.8, 4) is 0 Å². The van der Waals surface area contributed by atoms with Crippen LogP contribution in [0.1, 0.15) is 30.4 Å². The van der Waals surface area contributed by atoms with E-state index in [0.29, 0.717) is 13.2 Å². The fourth-order valence-corrected chi connectivity index (χ4v) is 1.69. The van der Waals surface area contributed by atoms with Crippen molar-refractivity contribution in [3.63, 3.8) is 0 Å². The van der Waals surface area contributed by atoms with Crippen LogP contribution < -0.4 is 5.32 Å². The van der Waals surface area contributed by atoms with Gasteiger partial charge in [-0.15, -0.1) is 0 Å². The third-order valence-corrected chi connectivity index (χ3v) is 2.63. The van der Waals surface area contributed by atoms with E-state index in [1.807, 2.05) is 18.2 Å². The van der Waals surface area contributed by atoms with Gasteiger partial charge in [0.2, 0.25) is 0 Å².